The minimum atomic E-state index is -0.428. The van der Waals surface area contributed by atoms with Gasteiger partial charge in [-0.3, -0.25) is 0 Å². The fourth-order valence-corrected chi connectivity index (χ4v) is 2.62. The molecule has 0 radical (unpaired) electrons. The van der Waals surface area contributed by atoms with Gasteiger partial charge in [-0.05, 0) is 35.4 Å². The van der Waals surface area contributed by atoms with Crippen LogP contribution in [0.2, 0.25) is 0 Å². The van der Waals surface area contributed by atoms with Crippen molar-refractivity contribution >= 4 is 6.09 Å². The molecule has 114 valence electrons. The Morgan fingerprint density at radius 3 is 2.64 bits per heavy atom. The van der Waals surface area contributed by atoms with Crippen LogP contribution in [-0.4, -0.2) is 12.6 Å². The molecule has 1 aliphatic carbocycles. The summed E-state index contributed by atoms with van der Waals surface area (Å²) in [5, 5.41) is 2.75. The largest absolute Gasteiger partial charge is 0.445 e. The first-order valence-corrected chi connectivity index (χ1v) is 7.43. The van der Waals surface area contributed by atoms with E-state index in [0.29, 0.717) is 12.5 Å². The van der Waals surface area contributed by atoms with Crippen LogP contribution >= 0.6 is 0 Å². The van der Waals surface area contributed by atoms with Gasteiger partial charge in [0, 0.05) is 6.54 Å². The van der Waals surface area contributed by atoms with Gasteiger partial charge in [0.1, 0.15) is 12.4 Å². The Labute approximate surface area is 129 Å². The number of amides is 1. The summed E-state index contributed by atoms with van der Waals surface area (Å²) in [6.07, 6.45) is 0.475. The lowest BCUT2D eigenvalue weighted by molar-refractivity contribution is 0.139. The van der Waals surface area contributed by atoms with Crippen LogP contribution in [0.4, 0.5) is 9.18 Å². The normalized spacial score (nSPS) is 19.5. The fraction of sp³-hybridized carbons (Fsp3) is 0.278. The Hall–Kier alpha value is -2.36. The predicted octanol–water partition coefficient (Wildman–Crippen LogP) is 3.86. The summed E-state index contributed by atoms with van der Waals surface area (Å²) in [6.45, 7) is 0.778. The van der Waals surface area contributed by atoms with Crippen LogP contribution < -0.4 is 5.32 Å². The van der Waals surface area contributed by atoms with Crippen molar-refractivity contribution in [3.05, 3.63) is 71.5 Å². The molecule has 0 aliphatic heterocycles. The number of hydrogen-bond donors (Lipinski definition) is 1. The van der Waals surface area contributed by atoms with Crippen LogP contribution in [0.1, 0.15) is 23.5 Å². The maximum absolute atomic E-state index is 13.6. The molecule has 1 amide bonds. The van der Waals surface area contributed by atoms with E-state index in [1.165, 1.54) is 6.07 Å². The summed E-state index contributed by atoms with van der Waals surface area (Å²) < 4.78 is 18.8. The van der Waals surface area contributed by atoms with E-state index in [-0.39, 0.29) is 18.3 Å². The molecule has 1 fully saturated rings. The van der Waals surface area contributed by atoms with Crippen LogP contribution in [0.5, 0.6) is 0 Å². The van der Waals surface area contributed by atoms with Gasteiger partial charge < -0.3 is 10.1 Å². The minimum absolute atomic E-state index is 0.165. The van der Waals surface area contributed by atoms with Crippen molar-refractivity contribution < 1.29 is 13.9 Å². The molecule has 0 bridgehead atoms. The van der Waals surface area contributed by atoms with Gasteiger partial charge in [0.25, 0.3) is 0 Å². The standard InChI is InChI=1S/C18H18FNO2/c19-17-9-5-4-8-15(17)16-10-14(16)11-20-18(21)22-12-13-6-2-1-3-7-13/h1-9,14,16H,10-12H2,(H,20,21). The Kier molecular flexibility index (Phi) is 4.37. The average molecular weight is 299 g/mol. The number of hydrogen-bond acceptors (Lipinski definition) is 2. The van der Waals surface area contributed by atoms with Gasteiger partial charge >= 0.3 is 6.09 Å². The fourth-order valence-electron chi connectivity index (χ4n) is 2.62. The molecule has 4 heteroatoms. The van der Waals surface area contributed by atoms with Crippen molar-refractivity contribution in [2.75, 3.05) is 6.54 Å². The van der Waals surface area contributed by atoms with Crippen molar-refractivity contribution in [1.82, 2.24) is 5.32 Å². The van der Waals surface area contributed by atoms with E-state index < -0.39 is 6.09 Å². The molecule has 2 unspecified atom stereocenters. The van der Waals surface area contributed by atoms with Crippen LogP contribution in [0, 0.1) is 11.7 Å². The van der Waals surface area contributed by atoms with Gasteiger partial charge in [0.15, 0.2) is 0 Å². The second-order valence-electron chi connectivity index (χ2n) is 5.57. The molecule has 3 rings (SSSR count). The van der Waals surface area contributed by atoms with E-state index in [2.05, 4.69) is 5.32 Å². The lowest BCUT2D eigenvalue weighted by Gasteiger charge is -2.07. The third kappa shape index (κ3) is 3.64. The number of carbonyl (C=O) groups is 1. The predicted molar refractivity (Wildman–Crippen MR) is 81.9 cm³/mol. The monoisotopic (exact) mass is 299 g/mol. The Balaban J connectivity index is 1.41. The summed E-state index contributed by atoms with van der Waals surface area (Å²) in [5.41, 5.74) is 1.69. The lowest BCUT2D eigenvalue weighted by atomic mass is 10.1. The zero-order valence-corrected chi connectivity index (χ0v) is 12.2. The zero-order chi connectivity index (χ0) is 15.4. The molecular weight excluding hydrogens is 281 g/mol. The number of nitrogens with one attached hydrogen (secondary N) is 1. The summed E-state index contributed by atoms with van der Waals surface area (Å²) in [4.78, 5) is 11.7. The van der Waals surface area contributed by atoms with Crippen LogP contribution in [0.25, 0.3) is 0 Å². The Morgan fingerprint density at radius 1 is 1.14 bits per heavy atom. The van der Waals surface area contributed by atoms with Gasteiger partial charge in [-0.2, -0.15) is 0 Å². The molecule has 2 atom stereocenters. The maximum atomic E-state index is 13.6. The highest BCUT2D eigenvalue weighted by atomic mass is 19.1. The van der Waals surface area contributed by atoms with E-state index in [4.69, 9.17) is 4.74 Å². The molecule has 0 spiro atoms. The van der Waals surface area contributed by atoms with Crippen LogP contribution in [0.3, 0.4) is 0 Å². The Bertz CT molecular complexity index is 645. The van der Waals surface area contributed by atoms with Gasteiger partial charge in [-0.1, -0.05) is 48.5 Å². The van der Waals surface area contributed by atoms with E-state index >= 15 is 0 Å². The smallest absolute Gasteiger partial charge is 0.407 e. The van der Waals surface area contributed by atoms with Crippen molar-refractivity contribution in [2.45, 2.75) is 18.9 Å². The molecule has 2 aromatic rings. The summed E-state index contributed by atoms with van der Waals surface area (Å²) in [5.74, 6) is 0.332. The Morgan fingerprint density at radius 2 is 1.86 bits per heavy atom. The van der Waals surface area contributed by atoms with Gasteiger partial charge in [-0.15, -0.1) is 0 Å². The molecule has 22 heavy (non-hydrogen) atoms. The molecule has 0 saturated heterocycles. The highest BCUT2D eigenvalue weighted by Crippen LogP contribution is 2.47. The first-order chi connectivity index (χ1) is 10.7. The molecule has 0 aromatic heterocycles. The number of carbonyl (C=O) groups excluding carboxylic acids is 1. The highest BCUT2D eigenvalue weighted by Gasteiger charge is 2.39. The number of rotatable bonds is 5. The first kappa shape index (κ1) is 14.6. The molecule has 1 aliphatic rings. The second-order valence-corrected chi connectivity index (χ2v) is 5.57. The average Bonchev–Trinajstić information content (AvgIpc) is 3.32. The molecule has 0 heterocycles. The SMILES string of the molecule is O=C(NCC1CC1c1ccccc1F)OCc1ccccc1. The third-order valence-electron chi connectivity index (χ3n) is 3.95. The van der Waals surface area contributed by atoms with E-state index in [1.807, 2.05) is 42.5 Å². The second kappa shape index (κ2) is 6.60. The van der Waals surface area contributed by atoms with Crippen LogP contribution in [0.15, 0.2) is 54.6 Å². The summed E-state index contributed by atoms with van der Waals surface area (Å²) in [6, 6.07) is 16.4. The van der Waals surface area contributed by atoms with Crippen molar-refractivity contribution in [3.63, 3.8) is 0 Å². The van der Waals surface area contributed by atoms with Crippen LogP contribution in [-0.2, 0) is 11.3 Å². The van der Waals surface area contributed by atoms with Gasteiger partial charge in [-0.25, -0.2) is 9.18 Å². The topological polar surface area (TPSA) is 38.3 Å². The van der Waals surface area contributed by atoms with Crippen molar-refractivity contribution in [2.24, 2.45) is 5.92 Å². The highest BCUT2D eigenvalue weighted by molar-refractivity contribution is 5.67. The van der Waals surface area contributed by atoms with Gasteiger partial charge in [0.2, 0.25) is 0 Å². The number of alkyl carbamates (subject to hydrolysis) is 1. The number of ether oxygens (including phenoxy) is 1. The third-order valence-corrected chi connectivity index (χ3v) is 3.95. The van der Waals surface area contributed by atoms with E-state index in [9.17, 15) is 9.18 Å². The molecule has 1 saturated carbocycles. The molecular formula is C18H18FNO2. The van der Waals surface area contributed by atoms with E-state index in [1.54, 1.807) is 6.07 Å². The maximum Gasteiger partial charge on any atom is 0.407 e. The lowest BCUT2D eigenvalue weighted by Crippen LogP contribution is -2.26. The zero-order valence-electron chi connectivity index (χ0n) is 12.2. The quantitative estimate of drug-likeness (QED) is 0.910. The molecule has 3 nitrogen and oxygen atoms in total. The summed E-state index contributed by atoms with van der Waals surface area (Å²) in [7, 11) is 0. The van der Waals surface area contributed by atoms with Crippen molar-refractivity contribution in [3.8, 4) is 0 Å². The van der Waals surface area contributed by atoms with Crippen molar-refractivity contribution in [1.29, 1.82) is 0 Å². The summed E-state index contributed by atoms with van der Waals surface area (Å²) >= 11 is 0. The molecule has 2 aromatic carbocycles. The van der Waals surface area contributed by atoms with E-state index in [0.717, 1.165) is 17.5 Å². The minimum Gasteiger partial charge on any atom is -0.445 e. The first-order valence-electron chi connectivity index (χ1n) is 7.43. The molecule has 1 N–H and O–H groups in total. The van der Waals surface area contributed by atoms with Gasteiger partial charge in [0.05, 0.1) is 0 Å². The number of halogens is 1. The number of benzene rings is 2.